The van der Waals surface area contributed by atoms with E-state index in [-0.39, 0.29) is 12.3 Å². The second-order valence-electron chi connectivity index (χ2n) is 6.58. The summed E-state index contributed by atoms with van der Waals surface area (Å²) in [6.45, 7) is 7.72. The van der Waals surface area contributed by atoms with Crippen LogP contribution in [0.2, 0.25) is 5.02 Å². The van der Waals surface area contributed by atoms with E-state index < -0.39 is 0 Å². The van der Waals surface area contributed by atoms with Crippen LogP contribution in [0.25, 0.3) is 16.5 Å². The highest BCUT2D eigenvalue weighted by Gasteiger charge is 2.08. The highest BCUT2D eigenvalue weighted by molar-refractivity contribution is 6.30. The first-order valence-electron chi connectivity index (χ1n) is 9.62. The van der Waals surface area contributed by atoms with Crippen LogP contribution in [0.1, 0.15) is 24.5 Å². The van der Waals surface area contributed by atoms with Gasteiger partial charge in [-0.05, 0) is 44.7 Å². The van der Waals surface area contributed by atoms with Gasteiger partial charge in [-0.1, -0.05) is 59.7 Å². The number of anilines is 1. The quantitative estimate of drug-likeness (QED) is 0.428. The van der Waals surface area contributed by atoms with Gasteiger partial charge in [0.25, 0.3) is 0 Å². The molecular weight excluding hydrogens is 410 g/mol. The number of hydrogen-bond donors (Lipinski definition) is 4. The first-order valence-corrected chi connectivity index (χ1v) is 10.00. The molecular formula is C24H30ClN5O. The number of benzene rings is 1. The predicted octanol–water partition coefficient (Wildman–Crippen LogP) is 4.76. The van der Waals surface area contributed by atoms with E-state index in [0.29, 0.717) is 5.82 Å². The summed E-state index contributed by atoms with van der Waals surface area (Å²) in [4.78, 5) is 18.2. The maximum Gasteiger partial charge on any atom is 0.221 e. The maximum absolute atomic E-state index is 11.0. The van der Waals surface area contributed by atoms with E-state index in [4.69, 9.17) is 23.1 Å². The van der Waals surface area contributed by atoms with Crippen LogP contribution in [0, 0.1) is 6.92 Å². The SMILES string of the molecule is C=C/C(C)=C\C(=C/CC(N)=O)c1c[nH]c2cnc(N)cc12.CN.Cc1ccc(Cl)cc1. The number of aromatic amines is 1. The lowest BCUT2D eigenvalue weighted by molar-refractivity contribution is -0.117. The number of pyridine rings is 1. The molecule has 0 fully saturated rings. The Bertz CT molecular complexity index is 1040. The van der Waals surface area contributed by atoms with Gasteiger partial charge in [0.15, 0.2) is 0 Å². The zero-order valence-corrected chi connectivity index (χ0v) is 18.9. The molecule has 1 amide bonds. The van der Waals surface area contributed by atoms with Crippen LogP contribution in [-0.2, 0) is 4.79 Å². The van der Waals surface area contributed by atoms with Crippen LogP contribution in [0.3, 0.4) is 0 Å². The molecule has 2 heterocycles. The van der Waals surface area contributed by atoms with E-state index in [0.717, 1.165) is 32.6 Å². The number of carbonyl (C=O) groups excluding carboxylic acids is 1. The molecule has 0 atom stereocenters. The smallest absolute Gasteiger partial charge is 0.221 e. The number of nitrogens with zero attached hydrogens (tertiary/aromatic N) is 1. The third-order valence-corrected chi connectivity index (χ3v) is 4.39. The number of fused-ring (bicyclic) bond motifs is 1. The average Bonchev–Trinajstić information content (AvgIpc) is 3.17. The summed E-state index contributed by atoms with van der Waals surface area (Å²) in [6.07, 6.45) is 9.23. The van der Waals surface area contributed by atoms with Crippen molar-refractivity contribution >= 4 is 39.8 Å². The predicted molar refractivity (Wildman–Crippen MR) is 133 cm³/mol. The molecule has 3 aromatic rings. The number of nitrogens with one attached hydrogen (secondary N) is 1. The van der Waals surface area contributed by atoms with Gasteiger partial charge in [-0.3, -0.25) is 4.79 Å². The van der Waals surface area contributed by atoms with Gasteiger partial charge in [0, 0.05) is 28.6 Å². The monoisotopic (exact) mass is 439 g/mol. The molecule has 0 bridgehead atoms. The van der Waals surface area contributed by atoms with Crippen molar-refractivity contribution in [2.45, 2.75) is 20.3 Å². The van der Waals surface area contributed by atoms with Crippen molar-refractivity contribution in [3.63, 3.8) is 0 Å². The average molecular weight is 440 g/mol. The van der Waals surface area contributed by atoms with Crippen molar-refractivity contribution in [1.82, 2.24) is 9.97 Å². The molecule has 0 aliphatic heterocycles. The largest absolute Gasteiger partial charge is 0.384 e. The highest BCUT2D eigenvalue weighted by atomic mass is 35.5. The number of H-pyrrole nitrogens is 1. The van der Waals surface area contributed by atoms with Crippen molar-refractivity contribution in [3.05, 3.63) is 89.3 Å². The fourth-order valence-corrected chi connectivity index (χ4v) is 2.70. The second kappa shape index (κ2) is 13.1. The summed E-state index contributed by atoms with van der Waals surface area (Å²) in [7, 11) is 1.50. The number of primary amides is 1. The molecule has 6 nitrogen and oxygen atoms in total. The summed E-state index contributed by atoms with van der Waals surface area (Å²) in [5, 5.41) is 1.75. The Balaban J connectivity index is 0.000000400. The maximum atomic E-state index is 11.0. The standard InChI is InChI=1S/C16H18N4O.C7H7Cl.CH5N/c1-3-10(2)6-11(4-5-16(18)21)13-8-19-14-9-20-15(17)7-12(13)14;1-6-2-4-7(8)5-3-6;1-2/h3-4,6-9,19H,1,5H2,2H3,(H2,17,20)(H2,18,21);2-5H,1H3;2H2,1H3/b10-6-,11-4+;;. The van der Waals surface area contributed by atoms with Crippen molar-refractivity contribution in [2.24, 2.45) is 11.5 Å². The fraction of sp³-hybridized carbons (Fsp3) is 0.167. The van der Waals surface area contributed by atoms with E-state index >= 15 is 0 Å². The zero-order chi connectivity index (χ0) is 23.4. The van der Waals surface area contributed by atoms with E-state index in [1.807, 2.05) is 50.4 Å². The number of aryl methyl sites for hydroxylation is 1. The Morgan fingerprint density at radius 3 is 2.45 bits per heavy atom. The van der Waals surface area contributed by atoms with Crippen LogP contribution in [0.5, 0.6) is 0 Å². The van der Waals surface area contributed by atoms with E-state index in [9.17, 15) is 4.79 Å². The van der Waals surface area contributed by atoms with Crippen LogP contribution in [0.4, 0.5) is 5.82 Å². The molecule has 0 saturated heterocycles. The lowest BCUT2D eigenvalue weighted by atomic mass is 10.0. The molecule has 1 aromatic carbocycles. The number of nitrogens with two attached hydrogens (primary N) is 3. The molecule has 0 spiro atoms. The van der Waals surface area contributed by atoms with Gasteiger partial charge >= 0.3 is 0 Å². The summed E-state index contributed by atoms with van der Waals surface area (Å²) < 4.78 is 0. The first-order chi connectivity index (χ1) is 14.8. The van der Waals surface area contributed by atoms with Crippen molar-refractivity contribution < 1.29 is 4.79 Å². The molecule has 0 saturated carbocycles. The molecule has 31 heavy (non-hydrogen) atoms. The van der Waals surface area contributed by atoms with Crippen LogP contribution in [0.15, 0.2) is 73.1 Å². The Labute approximate surface area is 188 Å². The normalized spacial score (nSPS) is 11.1. The number of amides is 1. The Morgan fingerprint density at radius 1 is 1.26 bits per heavy atom. The van der Waals surface area contributed by atoms with Gasteiger partial charge in [-0.15, -0.1) is 0 Å². The Kier molecular flexibility index (Phi) is 10.8. The molecule has 0 aliphatic rings. The number of hydrogen-bond acceptors (Lipinski definition) is 4. The summed E-state index contributed by atoms with van der Waals surface area (Å²) >= 11 is 5.61. The van der Waals surface area contributed by atoms with Crippen LogP contribution >= 0.6 is 11.6 Å². The van der Waals surface area contributed by atoms with E-state index in [1.54, 1.807) is 24.4 Å². The molecule has 7 N–H and O–H groups in total. The third-order valence-electron chi connectivity index (χ3n) is 4.14. The molecule has 0 radical (unpaired) electrons. The molecule has 164 valence electrons. The number of halogens is 1. The fourth-order valence-electron chi connectivity index (χ4n) is 2.57. The minimum absolute atomic E-state index is 0.170. The molecule has 3 rings (SSSR count). The molecule has 0 unspecified atom stereocenters. The Morgan fingerprint density at radius 2 is 1.90 bits per heavy atom. The zero-order valence-electron chi connectivity index (χ0n) is 18.2. The minimum atomic E-state index is -0.377. The number of aromatic nitrogens is 2. The van der Waals surface area contributed by atoms with Gasteiger partial charge in [-0.2, -0.15) is 0 Å². The van der Waals surface area contributed by atoms with Crippen LogP contribution < -0.4 is 17.2 Å². The van der Waals surface area contributed by atoms with Crippen molar-refractivity contribution in [3.8, 4) is 0 Å². The summed E-state index contributed by atoms with van der Waals surface area (Å²) in [6, 6.07) is 9.55. The number of carbonyl (C=O) groups is 1. The third kappa shape index (κ3) is 8.50. The van der Waals surface area contributed by atoms with Crippen molar-refractivity contribution in [1.29, 1.82) is 0 Å². The van der Waals surface area contributed by atoms with E-state index in [1.165, 1.54) is 12.6 Å². The Hall–Kier alpha value is -3.35. The number of allylic oxidation sites excluding steroid dienone is 4. The topological polar surface area (TPSA) is 124 Å². The molecule has 7 heteroatoms. The number of nitrogen functional groups attached to an aromatic ring is 1. The van der Waals surface area contributed by atoms with E-state index in [2.05, 4.69) is 22.3 Å². The minimum Gasteiger partial charge on any atom is -0.384 e. The summed E-state index contributed by atoms with van der Waals surface area (Å²) in [5.41, 5.74) is 20.4. The molecule has 0 aliphatic carbocycles. The summed E-state index contributed by atoms with van der Waals surface area (Å²) in [5.74, 6) is 0.0696. The highest BCUT2D eigenvalue weighted by Crippen LogP contribution is 2.28. The number of rotatable bonds is 5. The first kappa shape index (κ1) is 25.7. The van der Waals surface area contributed by atoms with Gasteiger partial charge in [0.2, 0.25) is 5.91 Å². The van der Waals surface area contributed by atoms with Gasteiger partial charge in [0.05, 0.1) is 11.7 Å². The van der Waals surface area contributed by atoms with Gasteiger partial charge in [-0.25, -0.2) is 4.98 Å². The molecule has 2 aromatic heterocycles. The lowest BCUT2D eigenvalue weighted by Crippen LogP contribution is -2.08. The van der Waals surface area contributed by atoms with Gasteiger partial charge in [0.1, 0.15) is 5.82 Å². The lowest BCUT2D eigenvalue weighted by Gasteiger charge is -2.03. The van der Waals surface area contributed by atoms with Gasteiger partial charge < -0.3 is 22.2 Å². The van der Waals surface area contributed by atoms with Crippen LogP contribution in [-0.4, -0.2) is 22.9 Å². The van der Waals surface area contributed by atoms with Crippen molar-refractivity contribution in [2.75, 3.05) is 12.8 Å². The second-order valence-corrected chi connectivity index (χ2v) is 7.01.